The molecule has 1 amide bonds. The second kappa shape index (κ2) is 3.81. The third-order valence-corrected chi connectivity index (χ3v) is 3.42. The molecule has 0 fully saturated rings. The molecule has 1 aliphatic heterocycles. The normalized spacial score (nSPS) is 14.9. The van der Waals surface area contributed by atoms with Crippen molar-refractivity contribution in [1.29, 1.82) is 0 Å². The molecule has 0 bridgehead atoms. The molecule has 1 aliphatic rings. The monoisotopic (exact) mass is 270 g/mol. The summed E-state index contributed by atoms with van der Waals surface area (Å²) in [7, 11) is 0. The number of nitrogens with zero attached hydrogens (tertiary/aromatic N) is 2. The molecule has 0 atom stereocenters. The van der Waals surface area contributed by atoms with Gasteiger partial charge in [0.2, 0.25) is 0 Å². The van der Waals surface area contributed by atoms with E-state index in [1.54, 1.807) is 6.20 Å². The fourth-order valence-electron chi connectivity index (χ4n) is 1.87. The Hall–Kier alpha value is -1.10. The first-order chi connectivity index (χ1) is 7.11. The summed E-state index contributed by atoms with van der Waals surface area (Å²) in [4.78, 5) is 16.7. The van der Waals surface area contributed by atoms with Crippen LogP contribution in [-0.4, -0.2) is 22.7 Å². The van der Waals surface area contributed by atoms with Crippen LogP contribution >= 0.6 is 15.9 Å². The molecule has 0 radical (unpaired) electrons. The van der Waals surface area contributed by atoms with Gasteiger partial charge in [0.1, 0.15) is 0 Å². The SMILES string of the molecule is Cc1c(Br)cnc2c1N(C(=O)O)CCC2. The molecule has 1 aromatic heterocycles. The van der Waals surface area contributed by atoms with E-state index >= 15 is 0 Å². The van der Waals surface area contributed by atoms with Crippen LogP contribution in [0.1, 0.15) is 17.7 Å². The number of hydrogen-bond acceptors (Lipinski definition) is 2. The number of aromatic nitrogens is 1. The topological polar surface area (TPSA) is 53.4 Å². The Morgan fingerprint density at radius 3 is 3.07 bits per heavy atom. The third-order valence-electron chi connectivity index (χ3n) is 2.62. The number of fused-ring (bicyclic) bond motifs is 1. The zero-order chi connectivity index (χ0) is 11.0. The number of carbonyl (C=O) groups is 1. The van der Waals surface area contributed by atoms with Gasteiger partial charge in [-0.25, -0.2) is 4.79 Å². The van der Waals surface area contributed by atoms with Gasteiger partial charge in [-0.2, -0.15) is 0 Å². The highest BCUT2D eigenvalue weighted by atomic mass is 79.9. The molecule has 2 heterocycles. The molecule has 1 aromatic rings. The molecule has 2 rings (SSSR count). The van der Waals surface area contributed by atoms with E-state index in [9.17, 15) is 4.79 Å². The second-order valence-corrected chi connectivity index (χ2v) is 4.42. The molecular weight excluding hydrogens is 260 g/mol. The summed E-state index contributed by atoms with van der Waals surface area (Å²) in [6.07, 6.45) is 2.53. The van der Waals surface area contributed by atoms with E-state index in [0.29, 0.717) is 6.54 Å². The largest absolute Gasteiger partial charge is 0.465 e. The van der Waals surface area contributed by atoms with Gasteiger partial charge in [0.05, 0.1) is 11.4 Å². The van der Waals surface area contributed by atoms with Crippen molar-refractivity contribution in [2.24, 2.45) is 0 Å². The lowest BCUT2D eigenvalue weighted by molar-refractivity contribution is 0.201. The molecule has 0 unspecified atom stereocenters. The first kappa shape index (κ1) is 10.4. The predicted octanol–water partition coefficient (Wildman–Crippen LogP) is 2.58. The first-order valence-electron chi connectivity index (χ1n) is 4.75. The Kier molecular flexibility index (Phi) is 2.65. The number of amides is 1. The van der Waals surface area contributed by atoms with E-state index in [-0.39, 0.29) is 0 Å². The third kappa shape index (κ3) is 1.71. The van der Waals surface area contributed by atoms with Crippen molar-refractivity contribution < 1.29 is 9.90 Å². The number of anilines is 1. The Balaban J connectivity index is 2.58. The Morgan fingerprint density at radius 1 is 1.67 bits per heavy atom. The molecule has 0 spiro atoms. The van der Waals surface area contributed by atoms with Crippen molar-refractivity contribution in [3.8, 4) is 0 Å². The molecule has 0 aromatic carbocycles. The smallest absolute Gasteiger partial charge is 0.411 e. The zero-order valence-corrected chi connectivity index (χ0v) is 9.91. The van der Waals surface area contributed by atoms with Gasteiger partial charge < -0.3 is 5.11 Å². The molecule has 0 saturated carbocycles. The van der Waals surface area contributed by atoms with E-state index in [1.807, 2.05) is 6.92 Å². The molecule has 4 nitrogen and oxygen atoms in total. The minimum atomic E-state index is -0.904. The number of aryl methyl sites for hydroxylation is 1. The van der Waals surface area contributed by atoms with Crippen molar-refractivity contribution in [2.45, 2.75) is 19.8 Å². The van der Waals surface area contributed by atoms with E-state index in [1.165, 1.54) is 4.90 Å². The van der Waals surface area contributed by atoms with E-state index in [0.717, 1.165) is 34.3 Å². The molecule has 5 heteroatoms. The summed E-state index contributed by atoms with van der Waals surface area (Å²) < 4.78 is 0.856. The number of hydrogen-bond donors (Lipinski definition) is 1. The van der Waals surface area contributed by atoms with Gasteiger partial charge >= 0.3 is 6.09 Å². The summed E-state index contributed by atoms with van der Waals surface area (Å²) in [6.45, 7) is 2.47. The summed E-state index contributed by atoms with van der Waals surface area (Å²) in [5.74, 6) is 0. The van der Waals surface area contributed by atoms with Gasteiger partial charge in [0, 0.05) is 17.2 Å². The van der Waals surface area contributed by atoms with Crippen LogP contribution < -0.4 is 4.90 Å². The maximum Gasteiger partial charge on any atom is 0.411 e. The number of halogens is 1. The van der Waals surface area contributed by atoms with Gasteiger partial charge in [0.15, 0.2) is 0 Å². The minimum absolute atomic E-state index is 0.557. The van der Waals surface area contributed by atoms with Crippen LogP contribution in [-0.2, 0) is 6.42 Å². The summed E-state index contributed by atoms with van der Waals surface area (Å²) in [5.41, 5.74) is 2.58. The van der Waals surface area contributed by atoms with Crippen LogP contribution in [0.3, 0.4) is 0 Å². The van der Waals surface area contributed by atoms with Crippen molar-refractivity contribution in [3.63, 3.8) is 0 Å². The highest BCUT2D eigenvalue weighted by molar-refractivity contribution is 9.10. The molecule has 0 saturated heterocycles. The maximum atomic E-state index is 11.1. The quantitative estimate of drug-likeness (QED) is 0.789. The standard InChI is InChI=1S/C10H11BrN2O2/c1-6-7(11)5-12-8-3-2-4-13(9(6)8)10(14)15/h5H,2-4H2,1H3,(H,14,15). The number of carboxylic acid groups (broad SMARTS) is 1. The lowest BCUT2D eigenvalue weighted by Crippen LogP contribution is -2.35. The lowest BCUT2D eigenvalue weighted by Gasteiger charge is -2.28. The summed E-state index contributed by atoms with van der Waals surface area (Å²) in [5, 5.41) is 9.08. The average molecular weight is 271 g/mol. The van der Waals surface area contributed by atoms with Crippen LogP contribution in [0.4, 0.5) is 10.5 Å². The van der Waals surface area contributed by atoms with E-state index in [4.69, 9.17) is 5.11 Å². The fraction of sp³-hybridized carbons (Fsp3) is 0.400. The number of pyridine rings is 1. The summed E-state index contributed by atoms with van der Waals surface area (Å²) >= 11 is 3.37. The summed E-state index contributed by atoms with van der Waals surface area (Å²) in [6, 6.07) is 0. The van der Waals surface area contributed by atoms with Crippen molar-refractivity contribution in [2.75, 3.05) is 11.4 Å². The van der Waals surface area contributed by atoms with Gasteiger partial charge in [-0.3, -0.25) is 9.88 Å². The highest BCUT2D eigenvalue weighted by Gasteiger charge is 2.25. The van der Waals surface area contributed by atoms with E-state index < -0.39 is 6.09 Å². The van der Waals surface area contributed by atoms with Crippen LogP contribution in [0.25, 0.3) is 0 Å². The molecule has 15 heavy (non-hydrogen) atoms. The van der Waals surface area contributed by atoms with Crippen molar-refractivity contribution >= 4 is 27.7 Å². The van der Waals surface area contributed by atoms with Gasteiger partial charge in [-0.15, -0.1) is 0 Å². The Morgan fingerprint density at radius 2 is 2.40 bits per heavy atom. The van der Waals surface area contributed by atoms with Gasteiger partial charge in [0.25, 0.3) is 0 Å². The van der Waals surface area contributed by atoms with E-state index in [2.05, 4.69) is 20.9 Å². The second-order valence-electron chi connectivity index (χ2n) is 3.56. The average Bonchev–Trinajstić information content (AvgIpc) is 2.23. The first-order valence-corrected chi connectivity index (χ1v) is 5.55. The van der Waals surface area contributed by atoms with Crippen LogP contribution in [0.5, 0.6) is 0 Å². The molecular formula is C10H11BrN2O2. The Bertz CT molecular complexity index is 420. The molecule has 80 valence electrons. The van der Waals surface area contributed by atoms with Crippen LogP contribution in [0, 0.1) is 6.92 Å². The fourth-order valence-corrected chi connectivity index (χ4v) is 2.16. The lowest BCUT2D eigenvalue weighted by atomic mass is 10.0. The van der Waals surface area contributed by atoms with Gasteiger partial charge in [-0.1, -0.05) is 0 Å². The minimum Gasteiger partial charge on any atom is -0.465 e. The van der Waals surface area contributed by atoms with Crippen molar-refractivity contribution in [3.05, 3.63) is 21.9 Å². The molecule has 0 aliphatic carbocycles. The van der Waals surface area contributed by atoms with Gasteiger partial charge in [-0.05, 0) is 41.3 Å². The van der Waals surface area contributed by atoms with Crippen LogP contribution in [0.15, 0.2) is 10.7 Å². The van der Waals surface area contributed by atoms with Crippen molar-refractivity contribution in [1.82, 2.24) is 4.98 Å². The zero-order valence-electron chi connectivity index (χ0n) is 8.33. The maximum absolute atomic E-state index is 11.1. The number of rotatable bonds is 0. The highest BCUT2D eigenvalue weighted by Crippen LogP contribution is 2.33. The van der Waals surface area contributed by atoms with Crippen LogP contribution in [0.2, 0.25) is 0 Å². The Labute approximate surface area is 96.1 Å². The predicted molar refractivity (Wildman–Crippen MR) is 60.4 cm³/mol. The molecule has 1 N–H and O–H groups in total.